The van der Waals surface area contributed by atoms with Crippen LogP contribution in [-0.2, 0) is 11.4 Å². The fourth-order valence-corrected chi connectivity index (χ4v) is 3.66. The molecule has 0 aromatic heterocycles. The molecular formula is C25H19BrN2O3. The summed E-state index contributed by atoms with van der Waals surface area (Å²) in [6.45, 7) is 2.18. The van der Waals surface area contributed by atoms with E-state index in [0.717, 1.165) is 20.6 Å². The largest absolute Gasteiger partial charge is 0.488 e. The Morgan fingerprint density at radius 1 is 1.03 bits per heavy atom. The number of carbonyl (C=O) groups excluding carboxylic acids is 2. The molecule has 2 amide bonds. The molecule has 154 valence electrons. The normalized spacial score (nSPS) is 14.6. The van der Waals surface area contributed by atoms with Crippen LogP contribution in [0.3, 0.4) is 0 Å². The lowest BCUT2D eigenvalue weighted by Crippen LogP contribution is -2.29. The zero-order valence-electron chi connectivity index (χ0n) is 16.8. The first-order valence-corrected chi connectivity index (χ1v) is 10.5. The van der Waals surface area contributed by atoms with Crippen molar-refractivity contribution >= 4 is 39.5 Å². The first kappa shape index (κ1) is 20.8. The summed E-state index contributed by atoms with van der Waals surface area (Å²) in [5.41, 5.74) is 3.17. The number of carbonyl (C=O) groups is 2. The highest BCUT2D eigenvalue weighted by molar-refractivity contribution is 9.10. The smallest absolute Gasteiger partial charge is 0.283 e. The van der Waals surface area contributed by atoms with E-state index in [1.165, 1.54) is 0 Å². The van der Waals surface area contributed by atoms with Gasteiger partial charge in [-0.05, 0) is 64.3 Å². The van der Waals surface area contributed by atoms with Gasteiger partial charge in [-0.25, -0.2) is 0 Å². The molecule has 4 rings (SSSR count). The Kier molecular flexibility index (Phi) is 6.09. The van der Waals surface area contributed by atoms with E-state index in [-0.39, 0.29) is 0 Å². The average Bonchev–Trinajstić information content (AvgIpc) is 3.07. The van der Waals surface area contributed by atoms with Crippen molar-refractivity contribution in [3.8, 4) is 5.75 Å². The van der Waals surface area contributed by atoms with Gasteiger partial charge in [0.25, 0.3) is 11.8 Å². The Morgan fingerprint density at radius 3 is 2.39 bits per heavy atom. The number of halogens is 1. The van der Waals surface area contributed by atoms with Crippen LogP contribution in [0, 0.1) is 0 Å². The van der Waals surface area contributed by atoms with E-state index in [9.17, 15) is 9.59 Å². The number of amides is 2. The van der Waals surface area contributed by atoms with Crippen molar-refractivity contribution < 1.29 is 14.3 Å². The summed E-state index contributed by atoms with van der Waals surface area (Å²) < 4.78 is 6.65. The van der Waals surface area contributed by atoms with Crippen LogP contribution in [0.25, 0.3) is 6.08 Å². The highest BCUT2D eigenvalue weighted by Crippen LogP contribution is 2.29. The van der Waals surface area contributed by atoms with Gasteiger partial charge in [0.2, 0.25) is 0 Å². The molecule has 0 aliphatic carbocycles. The molecular weight excluding hydrogens is 456 g/mol. The van der Waals surface area contributed by atoms with Gasteiger partial charge in [0.15, 0.2) is 0 Å². The van der Waals surface area contributed by atoms with Gasteiger partial charge in [0, 0.05) is 5.56 Å². The van der Waals surface area contributed by atoms with Crippen LogP contribution in [0.2, 0.25) is 0 Å². The lowest BCUT2D eigenvalue weighted by molar-refractivity contribution is -0.123. The van der Waals surface area contributed by atoms with E-state index in [0.29, 0.717) is 29.2 Å². The molecule has 31 heavy (non-hydrogen) atoms. The summed E-state index contributed by atoms with van der Waals surface area (Å²) in [6.07, 6.45) is 1.73. The van der Waals surface area contributed by atoms with E-state index in [4.69, 9.17) is 4.74 Å². The van der Waals surface area contributed by atoms with Crippen molar-refractivity contribution in [1.29, 1.82) is 0 Å². The summed E-state index contributed by atoms with van der Waals surface area (Å²) >= 11 is 3.53. The minimum absolute atomic E-state index is 0.383. The molecule has 3 aromatic carbocycles. The number of hydrazone groups is 1. The van der Waals surface area contributed by atoms with Crippen LogP contribution in [0.5, 0.6) is 5.75 Å². The van der Waals surface area contributed by atoms with Gasteiger partial charge < -0.3 is 4.74 Å². The molecule has 0 unspecified atom stereocenters. The van der Waals surface area contributed by atoms with E-state index in [2.05, 4.69) is 21.0 Å². The Hall–Kier alpha value is -3.51. The van der Waals surface area contributed by atoms with Crippen molar-refractivity contribution in [3.05, 3.63) is 106 Å². The summed E-state index contributed by atoms with van der Waals surface area (Å²) in [5, 5.41) is 5.09. The van der Waals surface area contributed by atoms with E-state index >= 15 is 0 Å². The maximum Gasteiger partial charge on any atom is 0.283 e. The minimum Gasteiger partial charge on any atom is -0.488 e. The topological polar surface area (TPSA) is 59.0 Å². The third kappa shape index (κ3) is 4.64. The van der Waals surface area contributed by atoms with Crippen LogP contribution in [0.1, 0.15) is 28.4 Å². The molecule has 5 nitrogen and oxygen atoms in total. The number of imide groups is 1. The van der Waals surface area contributed by atoms with Gasteiger partial charge in [0.05, 0.1) is 15.8 Å². The third-order valence-corrected chi connectivity index (χ3v) is 5.40. The zero-order valence-corrected chi connectivity index (χ0v) is 18.4. The van der Waals surface area contributed by atoms with Crippen LogP contribution >= 0.6 is 15.9 Å². The molecule has 1 aliphatic heterocycles. The molecule has 3 aromatic rings. The molecule has 0 radical (unpaired) electrons. The Labute approximate surface area is 188 Å². The summed E-state index contributed by atoms with van der Waals surface area (Å²) in [5.74, 6) is -0.180. The molecule has 6 heteroatoms. The quantitative estimate of drug-likeness (QED) is 0.363. The SMILES string of the molecule is CC1=NN(C(=O)c2ccccc2)C(=O)/C1=C/c1ccc(OCc2ccccc2)c(Br)c1. The van der Waals surface area contributed by atoms with Gasteiger partial charge in [0.1, 0.15) is 12.4 Å². The van der Waals surface area contributed by atoms with Gasteiger partial charge >= 0.3 is 0 Å². The lowest BCUT2D eigenvalue weighted by Gasteiger charge is -2.10. The van der Waals surface area contributed by atoms with Gasteiger partial charge in [-0.2, -0.15) is 10.1 Å². The zero-order chi connectivity index (χ0) is 21.8. The van der Waals surface area contributed by atoms with Gasteiger partial charge in [-0.1, -0.05) is 54.6 Å². The van der Waals surface area contributed by atoms with Crippen LogP contribution in [-0.4, -0.2) is 22.5 Å². The summed E-state index contributed by atoms with van der Waals surface area (Å²) in [7, 11) is 0. The first-order chi connectivity index (χ1) is 15.0. The summed E-state index contributed by atoms with van der Waals surface area (Å²) in [4.78, 5) is 25.5. The number of hydrogen-bond donors (Lipinski definition) is 0. The van der Waals surface area contributed by atoms with Gasteiger partial charge in [-0.15, -0.1) is 0 Å². The third-order valence-electron chi connectivity index (χ3n) is 4.78. The Balaban J connectivity index is 1.50. The maximum absolute atomic E-state index is 12.8. The van der Waals surface area contributed by atoms with Crippen molar-refractivity contribution in [2.24, 2.45) is 5.10 Å². The molecule has 0 N–H and O–H groups in total. The second kappa shape index (κ2) is 9.10. The molecule has 0 spiro atoms. The first-order valence-electron chi connectivity index (χ1n) is 9.70. The number of benzene rings is 3. The monoisotopic (exact) mass is 474 g/mol. The Morgan fingerprint density at radius 2 is 1.71 bits per heavy atom. The highest BCUT2D eigenvalue weighted by Gasteiger charge is 2.32. The molecule has 1 heterocycles. The molecule has 0 saturated carbocycles. The fraction of sp³-hybridized carbons (Fsp3) is 0.0800. The maximum atomic E-state index is 12.8. The number of hydrogen-bond acceptors (Lipinski definition) is 4. The predicted octanol–water partition coefficient (Wildman–Crippen LogP) is 5.47. The van der Waals surface area contributed by atoms with Gasteiger partial charge in [-0.3, -0.25) is 9.59 Å². The molecule has 0 saturated heterocycles. The number of nitrogens with zero attached hydrogens (tertiary/aromatic N) is 2. The van der Waals surface area contributed by atoms with Crippen molar-refractivity contribution in [3.63, 3.8) is 0 Å². The summed E-state index contributed by atoms with van der Waals surface area (Å²) in [6, 6.07) is 24.1. The average molecular weight is 475 g/mol. The molecule has 0 atom stereocenters. The number of rotatable bonds is 5. The fourth-order valence-electron chi connectivity index (χ4n) is 3.15. The van der Waals surface area contributed by atoms with Crippen molar-refractivity contribution in [2.45, 2.75) is 13.5 Å². The standard InChI is InChI=1S/C25H19BrN2O3/c1-17-21(25(30)28(27-17)24(29)20-10-6-3-7-11-20)14-19-12-13-23(22(26)15-19)31-16-18-8-4-2-5-9-18/h2-15H,16H2,1H3/b21-14+. The van der Waals surface area contributed by atoms with Crippen LogP contribution in [0.4, 0.5) is 0 Å². The molecule has 0 bridgehead atoms. The van der Waals surface area contributed by atoms with Crippen molar-refractivity contribution in [2.75, 3.05) is 0 Å². The second-order valence-electron chi connectivity index (χ2n) is 7.00. The van der Waals surface area contributed by atoms with E-state index in [1.807, 2.05) is 54.6 Å². The van der Waals surface area contributed by atoms with Crippen molar-refractivity contribution in [1.82, 2.24) is 5.01 Å². The lowest BCUT2D eigenvalue weighted by atomic mass is 10.1. The molecule has 1 aliphatic rings. The van der Waals surface area contributed by atoms with E-state index in [1.54, 1.807) is 37.3 Å². The Bertz CT molecular complexity index is 1190. The predicted molar refractivity (Wildman–Crippen MR) is 124 cm³/mol. The minimum atomic E-state index is -0.445. The highest BCUT2D eigenvalue weighted by atomic mass is 79.9. The van der Waals surface area contributed by atoms with Crippen LogP contribution < -0.4 is 4.74 Å². The number of ether oxygens (including phenoxy) is 1. The van der Waals surface area contributed by atoms with E-state index < -0.39 is 11.8 Å². The second-order valence-corrected chi connectivity index (χ2v) is 7.85. The molecule has 0 fully saturated rings. The van der Waals surface area contributed by atoms with Crippen LogP contribution in [0.15, 0.2) is 94.0 Å².